The molecule has 2 saturated heterocycles. The first kappa shape index (κ1) is 21.3. The summed E-state index contributed by atoms with van der Waals surface area (Å²) in [6.07, 6.45) is 7.64. The molecule has 3 heterocycles. The summed E-state index contributed by atoms with van der Waals surface area (Å²) in [7, 11) is 0. The zero-order chi connectivity index (χ0) is 20.6. The van der Waals surface area contributed by atoms with E-state index in [0.717, 1.165) is 51.3 Å². The molecule has 0 radical (unpaired) electrons. The molecule has 1 amide bonds. The van der Waals surface area contributed by atoms with Crippen molar-refractivity contribution in [1.82, 2.24) is 4.90 Å². The Bertz CT molecular complexity index is 764. The number of hydrogen-bond donors (Lipinski definition) is 1. The minimum absolute atomic E-state index is 0.0343. The topological polar surface area (TPSA) is 44.8 Å². The van der Waals surface area contributed by atoms with Crippen LogP contribution in [0.3, 0.4) is 0 Å². The van der Waals surface area contributed by atoms with Gasteiger partial charge in [-0.05, 0) is 61.4 Å². The second-order valence-electron chi connectivity index (χ2n) is 8.38. The van der Waals surface area contributed by atoms with Gasteiger partial charge >= 0.3 is 0 Å². The average molecular weight is 428 g/mol. The van der Waals surface area contributed by atoms with E-state index in [9.17, 15) is 4.79 Å². The molecule has 1 unspecified atom stereocenters. The summed E-state index contributed by atoms with van der Waals surface area (Å²) < 4.78 is 5.81. The molecular weight excluding hydrogens is 394 g/mol. The van der Waals surface area contributed by atoms with Crippen molar-refractivity contribution in [2.75, 3.05) is 43.0 Å². The third kappa shape index (κ3) is 6.30. The Kier molecular flexibility index (Phi) is 7.78. The van der Waals surface area contributed by atoms with Gasteiger partial charge in [0.1, 0.15) is 0 Å². The molecule has 4 rings (SSSR count). The summed E-state index contributed by atoms with van der Waals surface area (Å²) >= 11 is 1.74. The molecule has 2 fully saturated rings. The van der Waals surface area contributed by atoms with E-state index >= 15 is 0 Å². The summed E-state index contributed by atoms with van der Waals surface area (Å²) in [4.78, 5) is 18.7. The van der Waals surface area contributed by atoms with Crippen LogP contribution in [-0.2, 0) is 16.1 Å². The Morgan fingerprint density at radius 3 is 2.57 bits per heavy atom. The second kappa shape index (κ2) is 10.9. The molecule has 2 aliphatic heterocycles. The zero-order valence-electron chi connectivity index (χ0n) is 17.7. The van der Waals surface area contributed by atoms with Gasteiger partial charge in [-0.3, -0.25) is 9.69 Å². The molecule has 0 saturated carbocycles. The van der Waals surface area contributed by atoms with Gasteiger partial charge in [0.05, 0.1) is 12.6 Å². The standard InChI is InChI=1S/C24H33N3O2S/c28-24(19-26(17-22-7-5-15-29-22)18-23-8-6-16-30-23)25-20-9-11-21(12-10-20)27-13-3-1-2-4-14-27/h6,8-12,16,22H,1-5,7,13-15,17-19H2,(H,25,28). The number of nitrogens with zero attached hydrogens (tertiary/aromatic N) is 2. The lowest BCUT2D eigenvalue weighted by atomic mass is 10.2. The summed E-state index contributed by atoms with van der Waals surface area (Å²) in [6, 6.07) is 12.5. The first-order valence-corrected chi connectivity index (χ1v) is 12.2. The predicted molar refractivity (Wildman–Crippen MR) is 124 cm³/mol. The molecule has 0 spiro atoms. The lowest BCUT2D eigenvalue weighted by molar-refractivity contribution is -0.117. The van der Waals surface area contributed by atoms with E-state index in [2.05, 4.69) is 44.8 Å². The molecule has 0 aliphatic carbocycles. The number of anilines is 2. The van der Waals surface area contributed by atoms with Gasteiger partial charge in [0.25, 0.3) is 0 Å². The highest BCUT2D eigenvalue weighted by atomic mass is 32.1. The Morgan fingerprint density at radius 1 is 1.10 bits per heavy atom. The fourth-order valence-electron chi connectivity index (χ4n) is 4.37. The highest BCUT2D eigenvalue weighted by molar-refractivity contribution is 7.09. The number of carbonyl (C=O) groups excluding carboxylic acids is 1. The van der Waals surface area contributed by atoms with Crippen LogP contribution >= 0.6 is 11.3 Å². The van der Waals surface area contributed by atoms with Crippen molar-refractivity contribution < 1.29 is 9.53 Å². The van der Waals surface area contributed by atoms with E-state index < -0.39 is 0 Å². The Balaban J connectivity index is 1.32. The Morgan fingerprint density at radius 2 is 1.90 bits per heavy atom. The monoisotopic (exact) mass is 427 g/mol. The maximum atomic E-state index is 12.8. The molecule has 0 bridgehead atoms. The maximum absolute atomic E-state index is 12.8. The van der Waals surface area contributed by atoms with Crippen molar-refractivity contribution in [3.8, 4) is 0 Å². The summed E-state index contributed by atoms with van der Waals surface area (Å²) in [5.41, 5.74) is 2.12. The van der Waals surface area contributed by atoms with Crippen LogP contribution in [0.4, 0.5) is 11.4 Å². The van der Waals surface area contributed by atoms with Crippen LogP contribution in [0.25, 0.3) is 0 Å². The number of nitrogens with one attached hydrogen (secondary N) is 1. The van der Waals surface area contributed by atoms with Crippen molar-refractivity contribution in [3.63, 3.8) is 0 Å². The van der Waals surface area contributed by atoms with Gasteiger partial charge in [0, 0.05) is 49.0 Å². The van der Waals surface area contributed by atoms with Crippen molar-refractivity contribution in [2.24, 2.45) is 0 Å². The molecule has 1 aromatic heterocycles. The van der Waals surface area contributed by atoms with Crippen molar-refractivity contribution in [1.29, 1.82) is 0 Å². The van der Waals surface area contributed by atoms with Gasteiger partial charge in [-0.2, -0.15) is 0 Å². The van der Waals surface area contributed by atoms with Crippen molar-refractivity contribution in [2.45, 2.75) is 51.2 Å². The van der Waals surface area contributed by atoms with E-state index in [1.165, 1.54) is 36.2 Å². The highest BCUT2D eigenvalue weighted by Gasteiger charge is 2.21. The number of thiophene rings is 1. The average Bonchev–Trinajstić information content (AvgIpc) is 3.38. The lowest BCUT2D eigenvalue weighted by Crippen LogP contribution is -2.37. The van der Waals surface area contributed by atoms with Crippen LogP contribution < -0.4 is 10.2 Å². The SMILES string of the molecule is O=C(CN(Cc1cccs1)CC1CCCO1)Nc1ccc(N2CCCCCC2)cc1. The third-order valence-electron chi connectivity index (χ3n) is 5.93. The van der Waals surface area contributed by atoms with Crippen LogP contribution in [-0.4, -0.2) is 49.7 Å². The summed E-state index contributed by atoms with van der Waals surface area (Å²) in [5.74, 6) is 0.0343. The Labute approximate surface area is 184 Å². The van der Waals surface area contributed by atoms with Gasteiger partial charge in [-0.15, -0.1) is 11.3 Å². The van der Waals surface area contributed by atoms with E-state index in [1.807, 2.05) is 12.1 Å². The predicted octanol–water partition coefficient (Wildman–Crippen LogP) is 4.75. The fraction of sp³-hybridized carbons (Fsp3) is 0.542. The van der Waals surface area contributed by atoms with Crippen LogP contribution in [0.1, 0.15) is 43.4 Å². The van der Waals surface area contributed by atoms with E-state index in [1.54, 1.807) is 11.3 Å². The molecule has 2 aromatic rings. The van der Waals surface area contributed by atoms with Gasteiger partial charge in [0.2, 0.25) is 5.91 Å². The van der Waals surface area contributed by atoms with E-state index in [-0.39, 0.29) is 12.0 Å². The van der Waals surface area contributed by atoms with E-state index in [0.29, 0.717) is 6.54 Å². The van der Waals surface area contributed by atoms with Crippen LogP contribution in [0.15, 0.2) is 41.8 Å². The zero-order valence-corrected chi connectivity index (χ0v) is 18.5. The molecule has 1 N–H and O–H groups in total. The number of hydrogen-bond acceptors (Lipinski definition) is 5. The molecule has 162 valence electrons. The number of amides is 1. The summed E-state index contributed by atoms with van der Waals surface area (Å²) in [6.45, 7) is 5.08. The Hall–Kier alpha value is -1.89. The van der Waals surface area contributed by atoms with E-state index in [4.69, 9.17) is 4.74 Å². The number of carbonyl (C=O) groups is 1. The smallest absolute Gasteiger partial charge is 0.238 e. The quantitative estimate of drug-likeness (QED) is 0.660. The molecule has 30 heavy (non-hydrogen) atoms. The normalized spacial score (nSPS) is 19.8. The van der Waals surface area contributed by atoms with Crippen LogP contribution in [0, 0.1) is 0 Å². The first-order valence-electron chi connectivity index (χ1n) is 11.3. The minimum Gasteiger partial charge on any atom is -0.377 e. The van der Waals surface area contributed by atoms with Crippen molar-refractivity contribution in [3.05, 3.63) is 46.7 Å². The highest BCUT2D eigenvalue weighted by Crippen LogP contribution is 2.22. The largest absolute Gasteiger partial charge is 0.377 e. The third-order valence-corrected chi connectivity index (χ3v) is 6.80. The fourth-order valence-corrected chi connectivity index (χ4v) is 5.12. The molecule has 1 aromatic carbocycles. The lowest BCUT2D eigenvalue weighted by Gasteiger charge is -2.24. The van der Waals surface area contributed by atoms with Gasteiger partial charge in [0.15, 0.2) is 0 Å². The van der Waals surface area contributed by atoms with Crippen molar-refractivity contribution >= 4 is 28.6 Å². The molecule has 1 atom stereocenters. The molecule has 5 nitrogen and oxygen atoms in total. The van der Waals surface area contributed by atoms with Crippen LogP contribution in [0.5, 0.6) is 0 Å². The maximum Gasteiger partial charge on any atom is 0.238 e. The van der Waals surface area contributed by atoms with Gasteiger partial charge in [-0.25, -0.2) is 0 Å². The number of benzene rings is 1. The summed E-state index contributed by atoms with van der Waals surface area (Å²) in [5, 5.41) is 5.17. The molecular formula is C24H33N3O2S. The van der Waals surface area contributed by atoms with Crippen LogP contribution in [0.2, 0.25) is 0 Å². The number of rotatable bonds is 8. The minimum atomic E-state index is 0.0343. The second-order valence-corrected chi connectivity index (χ2v) is 9.41. The van der Waals surface area contributed by atoms with Gasteiger partial charge in [-0.1, -0.05) is 18.9 Å². The van der Waals surface area contributed by atoms with Gasteiger partial charge < -0.3 is 15.0 Å². The molecule has 2 aliphatic rings. The number of ether oxygens (including phenoxy) is 1. The first-order chi connectivity index (χ1) is 14.8. The molecule has 6 heteroatoms.